The molecule has 1 saturated heterocycles. The van der Waals surface area contributed by atoms with Gasteiger partial charge in [0.1, 0.15) is 0 Å². The van der Waals surface area contributed by atoms with Crippen LogP contribution >= 0.6 is 11.3 Å². The molecule has 0 spiro atoms. The fraction of sp³-hybridized carbons (Fsp3) is 0.200. The van der Waals surface area contributed by atoms with E-state index in [2.05, 4.69) is 20.3 Å². The van der Waals surface area contributed by atoms with Crippen molar-refractivity contribution in [2.75, 3.05) is 36.5 Å². The lowest BCUT2D eigenvalue weighted by Gasteiger charge is -2.25. The highest BCUT2D eigenvalue weighted by Gasteiger charge is 2.16. The van der Waals surface area contributed by atoms with Gasteiger partial charge < -0.3 is 15.0 Å². The number of fused-ring (bicyclic) bond motifs is 1. The summed E-state index contributed by atoms with van der Waals surface area (Å²) in [5.41, 5.74) is 2.15. The van der Waals surface area contributed by atoms with Crippen LogP contribution in [0.15, 0.2) is 55.0 Å². The van der Waals surface area contributed by atoms with Gasteiger partial charge in [0.25, 0.3) is 5.91 Å². The zero-order chi connectivity index (χ0) is 19.6. The third-order valence-corrected chi connectivity index (χ3v) is 5.74. The molecule has 8 nitrogen and oxygen atoms in total. The number of carbonyl (C=O) groups is 1. The fourth-order valence-corrected chi connectivity index (χ4v) is 4.20. The number of rotatable bonds is 4. The molecular weight excluding hydrogens is 388 g/mol. The van der Waals surface area contributed by atoms with Crippen molar-refractivity contribution >= 4 is 38.3 Å². The Bertz CT molecular complexity index is 1130. The third-order valence-electron chi connectivity index (χ3n) is 4.67. The molecule has 4 aromatic rings. The van der Waals surface area contributed by atoms with Crippen LogP contribution in [0.25, 0.3) is 16.0 Å². The normalized spacial score (nSPS) is 14.3. The van der Waals surface area contributed by atoms with Gasteiger partial charge in [-0.2, -0.15) is 5.10 Å². The van der Waals surface area contributed by atoms with Crippen molar-refractivity contribution in [2.45, 2.75) is 0 Å². The largest absolute Gasteiger partial charge is 0.378 e. The number of hydrogen-bond donors (Lipinski definition) is 1. The van der Waals surface area contributed by atoms with E-state index in [1.54, 1.807) is 46.7 Å². The maximum absolute atomic E-state index is 12.6. The Labute approximate surface area is 170 Å². The molecule has 1 amide bonds. The summed E-state index contributed by atoms with van der Waals surface area (Å²) in [6.45, 7) is 3.16. The maximum atomic E-state index is 12.6. The van der Waals surface area contributed by atoms with Crippen molar-refractivity contribution in [1.29, 1.82) is 0 Å². The first kappa shape index (κ1) is 17.8. The van der Waals surface area contributed by atoms with Gasteiger partial charge in [0.15, 0.2) is 10.9 Å². The molecule has 1 fully saturated rings. The highest BCUT2D eigenvalue weighted by atomic mass is 32.1. The van der Waals surface area contributed by atoms with E-state index in [4.69, 9.17) is 9.72 Å². The van der Waals surface area contributed by atoms with E-state index in [1.165, 1.54) is 0 Å². The number of nitrogens with zero attached hydrogens (tertiary/aromatic N) is 5. The van der Waals surface area contributed by atoms with Crippen LogP contribution in [-0.4, -0.2) is 52.0 Å². The molecule has 4 heterocycles. The number of aromatic nitrogens is 4. The van der Waals surface area contributed by atoms with Crippen LogP contribution in [0.2, 0.25) is 0 Å². The first-order valence-electron chi connectivity index (χ1n) is 9.27. The lowest BCUT2D eigenvalue weighted by atomic mass is 10.2. The molecular formula is C20H18N6O2S. The standard InChI is InChI=1S/C20H18N6O2S/c27-19(14-2-5-18(21-13-14)26-7-1-6-22-26)23-15-3-4-16-17(12-15)29-20(24-16)25-8-10-28-11-9-25/h1-7,12-13H,8-11H2,(H,23,27). The summed E-state index contributed by atoms with van der Waals surface area (Å²) >= 11 is 1.63. The second-order valence-electron chi connectivity index (χ2n) is 6.59. The molecule has 0 unspecified atom stereocenters. The van der Waals surface area contributed by atoms with Crippen molar-refractivity contribution in [3.63, 3.8) is 0 Å². The summed E-state index contributed by atoms with van der Waals surface area (Å²) in [5.74, 6) is 0.454. The van der Waals surface area contributed by atoms with Gasteiger partial charge in [-0.05, 0) is 36.4 Å². The van der Waals surface area contributed by atoms with Crippen LogP contribution in [0.3, 0.4) is 0 Å². The van der Waals surface area contributed by atoms with E-state index < -0.39 is 0 Å². The maximum Gasteiger partial charge on any atom is 0.257 e. The summed E-state index contributed by atoms with van der Waals surface area (Å²) in [6.07, 6.45) is 5.04. The molecule has 1 N–H and O–H groups in total. The van der Waals surface area contributed by atoms with Crippen molar-refractivity contribution in [1.82, 2.24) is 19.7 Å². The summed E-state index contributed by atoms with van der Waals surface area (Å²) in [5, 5.41) is 8.06. The Morgan fingerprint density at radius 3 is 2.83 bits per heavy atom. The Morgan fingerprint density at radius 1 is 1.17 bits per heavy atom. The van der Waals surface area contributed by atoms with Gasteiger partial charge in [-0.25, -0.2) is 14.6 Å². The first-order valence-corrected chi connectivity index (χ1v) is 10.1. The van der Waals surface area contributed by atoms with Crippen LogP contribution in [0.4, 0.5) is 10.8 Å². The van der Waals surface area contributed by atoms with Crippen molar-refractivity contribution in [2.24, 2.45) is 0 Å². The average Bonchev–Trinajstić information content (AvgIpc) is 3.44. The molecule has 1 aliphatic rings. The Hall–Kier alpha value is -3.30. The van der Waals surface area contributed by atoms with E-state index in [9.17, 15) is 4.79 Å². The van der Waals surface area contributed by atoms with Gasteiger partial charge in [0.05, 0.1) is 29.0 Å². The molecule has 0 bridgehead atoms. The molecule has 29 heavy (non-hydrogen) atoms. The highest BCUT2D eigenvalue weighted by Crippen LogP contribution is 2.31. The number of pyridine rings is 1. The lowest BCUT2D eigenvalue weighted by molar-refractivity contribution is 0.102. The van der Waals surface area contributed by atoms with E-state index in [0.29, 0.717) is 11.4 Å². The molecule has 1 aliphatic heterocycles. The van der Waals surface area contributed by atoms with E-state index in [-0.39, 0.29) is 5.91 Å². The number of nitrogens with one attached hydrogen (secondary N) is 1. The molecule has 0 atom stereocenters. The summed E-state index contributed by atoms with van der Waals surface area (Å²) in [6, 6.07) is 11.1. The molecule has 5 rings (SSSR count). The van der Waals surface area contributed by atoms with Crippen LogP contribution in [-0.2, 0) is 4.74 Å². The van der Waals surface area contributed by atoms with Gasteiger partial charge >= 0.3 is 0 Å². The second-order valence-corrected chi connectivity index (χ2v) is 7.60. The zero-order valence-corrected chi connectivity index (χ0v) is 16.3. The molecule has 0 saturated carbocycles. The number of hydrogen-bond acceptors (Lipinski definition) is 7. The minimum Gasteiger partial charge on any atom is -0.378 e. The Balaban J connectivity index is 1.32. The van der Waals surface area contributed by atoms with Gasteiger partial charge in [-0.3, -0.25) is 4.79 Å². The van der Waals surface area contributed by atoms with Gasteiger partial charge in [0, 0.05) is 37.4 Å². The molecule has 0 radical (unpaired) electrons. The van der Waals surface area contributed by atoms with Gasteiger partial charge in [-0.15, -0.1) is 0 Å². The number of benzene rings is 1. The number of anilines is 2. The fourth-order valence-electron chi connectivity index (χ4n) is 3.14. The topological polar surface area (TPSA) is 85.2 Å². The minimum atomic E-state index is -0.207. The molecule has 1 aromatic carbocycles. The van der Waals surface area contributed by atoms with E-state index in [0.717, 1.165) is 47.3 Å². The summed E-state index contributed by atoms with van der Waals surface area (Å²) in [4.78, 5) is 23.8. The monoisotopic (exact) mass is 406 g/mol. The van der Waals surface area contributed by atoms with Gasteiger partial charge in [-0.1, -0.05) is 11.3 Å². The van der Waals surface area contributed by atoms with Crippen LogP contribution < -0.4 is 10.2 Å². The second kappa shape index (κ2) is 7.61. The molecule has 9 heteroatoms. The minimum absolute atomic E-state index is 0.207. The van der Waals surface area contributed by atoms with Crippen molar-refractivity contribution in [3.05, 3.63) is 60.6 Å². The van der Waals surface area contributed by atoms with Crippen molar-refractivity contribution < 1.29 is 9.53 Å². The lowest BCUT2D eigenvalue weighted by Crippen LogP contribution is -2.36. The summed E-state index contributed by atoms with van der Waals surface area (Å²) in [7, 11) is 0. The number of amides is 1. The van der Waals surface area contributed by atoms with Crippen LogP contribution in [0.5, 0.6) is 0 Å². The quantitative estimate of drug-likeness (QED) is 0.561. The zero-order valence-electron chi connectivity index (χ0n) is 15.5. The predicted octanol–water partition coefficient (Wildman–Crippen LogP) is 2.97. The SMILES string of the molecule is O=C(Nc1ccc2nc(N3CCOCC3)sc2c1)c1ccc(-n2cccn2)nc1. The van der Waals surface area contributed by atoms with Crippen LogP contribution in [0.1, 0.15) is 10.4 Å². The highest BCUT2D eigenvalue weighted by molar-refractivity contribution is 7.22. The smallest absolute Gasteiger partial charge is 0.257 e. The number of morpholine rings is 1. The number of carbonyl (C=O) groups excluding carboxylic acids is 1. The average molecular weight is 406 g/mol. The number of thiazole rings is 1. The molecule has 0 aliphatic carbocycles. The van der Waals surface area contributed by atoms with Gasteiger partial charge in [0.2, 0.25) is 0 Å². The van der Waals surface area contributed by atoms with E-state index >= 15 is 0 Å². The van der Waals surface area contributed by atoms with Crippen LogP contribution in [0, 0.1) is 0 Å². The van der Waals surface area contributed by atoms with Crippen molar-refractivity contribution in [3.8, 4) is 5.82 Å². The van der Waals surface area contributed by atoms with E-state index in [1.807, 2.05) is 24.3 Å². The molecule has 3 aromatic heterocycles. The number of ether oxygens (including phenoxy) is 1. The Kier molecular flexibility index (Phi) is 4.66. The molecule has 146 valence electrons. The third kappa shape index (κ3) is 3.69. The first-order chi connectivity index (χ1) is 14.3. The Morgan fingerprint density at radius 2 is 2.07 bits per heavy atom. The summed E-state index contributed by atoms with van der Waals surface area (Å²) < 4.78 is 8.09. The predicted molar refractivity (Wildman–Crippen MR) is 112 cm³/mol.